The van der Waals surface area contributed by atoms with Crippen molar-refractivity contribution in [1.82, 2.24) is 0 Å². The van der Waals surface area contributed by atoms with Crippen molar-refractivity contribution < 1.29 is 4.74 Å². The van der Waals surface area contributed by atoms with Gasteiger partial charge in [-0.3, -0.25) is 0 Å². The maximum atomic E-state index is 5.90. The quantitative estimate of drug-likeness (QED) is 0.835. The Labute approximate surface area is 90.0 Å². The molecule has 0 spiro atoms. The Hall–Kier alpha value is -0.730. The van der Waals surface area contributed by atoms with Crippen LogP contribution in [0.3, 0.4) is 0 Å². The van der Waals surface area contributed by atoms with E-state index >= 15 is 0 Å². The highest BCUT2D eigenvalue weighted by molar-refractivity contribution is 6.30. The molecule has 0 aliphatic rings. The van der Waals surface area contributed by atoms with Crippen LogP contribution in [0.4, 0.5) is 0 Å². The van der Waals surface area contributed by atoms with Crippen molar-refractivity contribution in [3.05, 3.63) is 28.8 Å². The maximum absolute atomic E-state index is 5.90. The summed E-state index contributed by atoms with van der Waals surface area (Å²) in [6.45, 7) is 2.07. The van der Waals surface area contributed by atoms with Gasteiger partial charge in [-0.15, -0.1) is 0 Å². The summed E-state index contributed by atoms with van der Waals surface area (Å²) in [5, 5.41) is 0.726. The molecule has 1 unspecified atom stereocenters. The first-order valence-electron chi connectivity index (χ1n) is 4.75. The van der Waals surface area contributed by atoms with E-state index in [1.165, 1.54) is 0 Å². The second kappa shape index (κ2) is 5.23. The molecule has 0 bridgehead atoms. The number of hydrogen-bond acceptors (Lipinski definition) is 2. The van der Waals surface area contributed by atoms with E-state index < -0.39 is 0 Å². The van der Waals surface area contributed by atoms with Crippen LogP contribution in [0.5, 0.6) is 5.75 Å². The van der Waals surface area contributed by atoms with Crippen LogP contribution < -0.4 is 10.5 Å². The van der Waals surface area contributed by atoms with Gasteiger partial charge in [-0.2, -0.15) is 0 Å². The molecule has 0 aliphatic heterocycles. The van der Waals surface area contributed by atoms with Gasteiger partial charge in [0.25, 0.3) is 0 Å². The smallest absolute Gasteiger partial charge is 0.122 e. The zero-order chi connectivity index (χ0) is 10.6. The largest absolute Gasteiger partial charge is 0.496 e. The van der Waals surface area contributed by atoms with Crippen LogP contribution in [0.25, 0.3) is 0 Å². The third-order valence-corrected chi connectivity index (χ3v) is 2.48. The van der Waals surface area contributed by atoms with Gasteiger partial charge in [-0.1, -0.05) is 18.5 Å². The molecule has 0 saturated carbocycles. The Bertz CT molecular complexity index is 301. The van der Waals surface area contributed by atoms with Crippen molar-refractivity contribution in [2.75, 3.05) is 7.11 Å². The normalized spacial score (nSPS) is 12.6. The average molecular weight is 214 g/mol. The molecular weight excluding hydrogens is 198 g/mol. The van der Waals surface area contributed by atoms with Gasteiger partial charge in [-0.25, -0.2) is 0 Å². The highest BCUT2D eigenvalue weighted by Gasteiger charge is 2.07. The van der Waals surface area contributed by atoms with Crippen LogP contribution in [0, 0.1) is 0 Å². The van der Waals surface area contributed by atoms with Crippen LogP contribution >= 0.6 is 11.6 Å². The molecule has 0 heterocycles. The van der Waals surface area contributed by atoms with Gasteiger partial charge in [0, 0.05) is 11.1 Å². The molecule has 0 amide bonds. The van der Waals surface area contributed by atoms with Gasteiger partial charge >= 0.3 is 0 Å². The maximum Gasteiger partial charge on any atom is 0.122 e. The highest BCUT2D eigenvalue weighted by atomic mass is 35.5. The Morgan fingerprint density at radius 2 is 2.21 bits per heavy atom. The topological polar surface area (TPSA) is 35.2 Å². The first-order valence-corrected chi connectivity index (χ1v) is 5.13. The zero-order valence-corrected chi connectivity index (χ0v) is 9.34. The number of ether oxygens (including phenoxy) is 1. The molecule has 0 aromatic heterocycles. The SMILES string of the molecule is CCC(N)Cc1cc(Cl)ccc1OC. The van der Waals surface area contributed by atoms with E-state index in [4.69, 9.17) is 22.1 Å². The first-order chi connectivity index (χ1) is 6.67. The van der Waals surface area contributed by atoms with Crippen molar-refractivity contribution in [2.24, 2.45) is 5.73 Å². The Balaban J connectivity index is 2.87. The van der Waals surface area contributed by atoms with Gasteiger partial charge in [-0.05, 0) is 36.6 Å². The number of benzene rings is 1. The summed E-state index contributed by atoms with van der Waals surface area (Å²) < 4.78 is 5.23. The van der Waals surface area contributed by atoms with Gasteiger partial charge in [0.1, 0.15) is 5.75 Å². The van der Waals surface area contributed by atoms with E-state index in [0.29, 0.717) is 0 Å². The van der Waals surface area contributed by atoms with Crippen molar-refractivity contribution >= 4 is 11.6 Å². The molecule has 2 nitrogen and oxygen atoms in total. The number of nitrogens with two attached hydrogens (primary N) is 1. The Morgan fingerprint density at radius 1 is 1.50 bits per heavy atom. The van der Waals surface area contributed by atoms with Crippen molar-refractivity contribution in [3.8, 4) is 5.75 Å². The number of rotatable bonds is 4. The van der Waals surface area contributed by atoms with E-state index in [1.807, 2.05) is 18.2 Å². The average Bonchev–Trinajstić information content (AvgIpc) is 2.18. The lowest BCUT2D eigenvalue weighted by molar-refractivity contribution is 0.407. The highest BCUT2D eigenvalue weighted by Crippen LogP contribution is 2.23. The van der Waals surface area contributed by atoms with Gasteiger partial charge in [0.05, 0.1) is 7.11 Å². The summed E-state index contributed by atoms with van der Waals surface area (Å²) in [7, 11) is 1.66. The molecule has 1 aromatic carbocycles. The van der Waals surface area contributed by atoms with Crippen LogP contribution in [0.2, 0.25) is 5.02 Å². The standard InChI is InChI=1S/C11H16ClNO/c1-3-10(13)7-8-6-9(12)4-5-11(8)14-2/h4-6,10H,3,7,13H2,1-2H3. The summed E-state index contributed by atoms with van der Waals surface area (Å²) >= 11 is 5.90. The molecule has 0 saturated heterocycles. The monoisotopic (exact) mass is 213 g/mol. The molecule has 1 rings (SSSR count). The van der Waals surface area contributed by atoms with E-state index in [0.717, 1.165) is 29.2 Å². The Kier molecular flexibility index (Phi) is 4.23. The first kappa shape index (κ1) is 11.3. The molecular formula is C11H16ClNO. The summed E-state index contributed by atoms with van der Waals surface area (Å²) in [6, 6.07) is 5.78. The summed E-state index contributed by atoms with van der Waals surface area (Å²) in [5.41, 5.74) is 6.96. The molecule has 1 atom stereocenters. The molecule has 0 radical (unpaired) electrons. The van der Waals surface area contributed by atoms with Gasteiger partial charge in [0.2, 0.25) is 0 Å². The fourth-order valence-corrected chi connectivity index (χ4v) is 1.53. The van der Waals surface area contributed by atoms with Crippen LogP contribution in [-0.4, -0.2) is 13.2 Å². The number of methoxy groups -OCH3 is 1. The molecule has 1 aromatic rings. The van der Waals surface area contributed by atoms with Crippen molar-refractivity contribution in [1.29, 1.82) is 0 Å². The second-order valence-electron chi connectivity index (χ2n) is 3.33. The molecule has 2 N–H and O–H groups in total. The predicted octanol–water partition coefficient (Wildman–Crippen LogP) is 2.63. The summed E-state index contributed by atoms with van der Waals surface area (Å²) in [5.74, 6) is 0.860. The number of hydrogen-bond donors (Lipinski definition) is 1. The van der Waals surface area contributed by atoms with Crippen molar-refractivity contribution in [3.63, 3.8) is 0 Å². The zero-order valence-electron chi connectivity index (χ0n) is 8.59. The van der Waals surface area contributed by atoms with Crippen molar-refractivity contribution in [2.45, 2.75) is 25.8 Å². The van der Waals surface area contributed by atoms with E-state index in [1.54, 1.807) is 7.11 Å². The molecule has 3 heteroatoms. The fourth-order valence-electron chi connectivity index (χ4n) is 1.33. The third-order valence-electron chi connectivity index (χ3n) is 2.25. The minimum Gasteiger partial charge on any atom is -0.496 e. The van der Waals surface area contributed by atoms with E-state index in [-0.39, 0.29) is 6.04 Å². The lowest BCUT2D eigenvalue weighted by atomic mass is 10.0. The third kappa shape index (κ3) is 2.89. The van der Waals surface area contributed by atoms with E-state index in [9.17, 15) is 0 Å². The van der Waals surface area contributed by atoms with Crippen LogP contribution in [-0.2, 0) is 6.42 Å². The fraction of sp³-hybridized carbons (Fsp3) is 0.455. The summed E-state index contributed by atoms with van der Waals surface area (Å²) in [4.78, 5) is 0. The number of halogens is 1. The Morgan fingerprint density at radius 3 is 2.79 bits per heavy atom. The predicted molar refractivity (Wildman–Crippen MR) is 60.0 cm³/mol. The molecule has 0 aliphatic carbocycles. The molecule has 78 valence electrons. The minimum atomic E-state index is 0.169. The van der Waals surface area contributed by atoms with Crippen LogP contribution in [0.15, 0.2) is 18.2 Å². The van der Waals surface area contributed by atoms with Gasteiger partial charge in [0.15, 0.2) is 0 Å². The van der Waals surface area contributed by atoms with E-state index in [2.05, 4.69) is 6.92 Å². The molecule has 0 fully saturated rings. The lowest BCUT2D eigenvalue weighted by Crippen LogP contribution is -2.21. The lowest BCUT2D eigenvalue weighted by Gasteiger charge is -2.12. The molecule has 14 heavy (non-hydrogen) atoms. The van der Waals surface area contributed by atoms with Crippen LogP contribution in [0.1, 0.15) is 18.9 Å². The second-order valence-corrected chi connectivity index (χ2v) is 3.77. The summed E-state index contributed by atoms with van der Waals surface area (Å²) in [6.07, 6.45) is 1.76. The minimum absolute atomic E-state index is 0.169. The van der Waals surface area contributed by atoms with Gasteiger partial charge < -0.3 is 10.5 Å².